The number of methoxy groups -OCH3 is 1. The van der Waals surface area contributed by atoms with Crippen molar-refractivity contribution in [2.45, 2.75) is 13.5 Å². The Labute approximate surface area is 142 Å². The standard InChI is InChI=1S/C17H25N4O3/c1-3-24-17(22)14-4-5-16(23-2)15(6-14)7-21-11-18-8-19(12-21)10-20(9-18)13-21/h4-6H,3,7-13H2,1-2H3/q+1. The third kappa shape index (κ3) is 2.77. The number of quaternary nitrogens is 1. The second kappa shape index (κ2) is 6.00. The molecule has 4 saturated heterocycles. The van der Waals surface area contributed by atoms with Crippen LogP contribution in [0, 0.1) is 0 Å². The maximum atomic E-state index is 12.1. The fraction of sp³-hybridized carbons (Fsp3) is 0.588. The molecule has 0 atom stereocenters. The molecule has 4 fully saturated rings. The van der Waals surface area contributed by atoms with Crippen molar-refractivity contribution in [3.05, 3.63) is 29.3 Å². The van der Waals surface area contributed by atoms with Crippen LogP contribution in [0.15, 0.2) is 18.2 Å². The van der Waals surface area contributed by atoms with Gasteiger partial charge in [0.2, 0.25) is 0 Å². The summed E-state index contributed by atoms with van der Waals surface area (Å²) < 4.78 is 11.7. The average Bonchev–Trinajstić information content (AvgIpc) is 2.53. The van der Waals surface area contributed by atoms with Gasteiger partial charge in [0.05, 0.1) is 39.3 Å². The minimum absolute atomic E-state index is 0.268. The molecule has 130 valence electrons. The molecule has 5 rings (SSSR count). The highest BCUT2D eigenvalue weighted by Gasteiger charge is 2.48. The van der Waals surface area contributed by atoms with Crippen molar-refractivity contribution in [1.82, 2.24) is 14.7 Å². The minimum Gasteiger partial charge on any atom is -0.496 e. The fourth-order valence-corrected chi connectivity index (χ4v) is 4.41. The molecule has 7 heteroatoms. The van der Waals surface area contributed by atoms with E-state index in [2.05, 4.69) is 14.7 Å². The van der Waals surface area contributed by atoms with E-state index in [1.165, 1.54) is 0 Å². The first-order valence-electron chi connectivity index (χ1n) is 8.47. The lowest BCUT2D eigenvalue weighted by atomic mass is 10.1. The van der Waals surface area contributed by atoms with Crippen LogP contribution in [0.5, 0.6) is 5.75 Å². The van der Waals surface area contributed by atoms with Crippen molar-refractivity contribution in [3.63, 3.8) is 0 Å². The van der Waals surface area contributed by atoms with Crippen molar-refractivity contribution in [1.29, 1.82) is 0 Å². The highest BCUT2D eigenvalue weighted by molar-refractivity contribution is 5.89. The van der Waals surface area contributed by atoms with E-state index < -0.39 is 0 Å². The molecule has 0 unspecified atom stereocenters. The number of hydrogen-bond acceptors (Lipinski definition) is 6. The Morgan fingerprint density at radius 3 is 2.29 bits per heavy atom. The van der Waals surface area contributed by atoms with Crippen LogP contribution in [0.4, 0.5) is 0 Å². The van der Waals surface area contributed by atoms with Gasteiger partial charge in [-0.3, -0.25) is 4.48 Å². The molecule has 24 heavy (non-hydrogen) atoms. The van der Waals surface area contributed by atoms with Gasteiger partial charge in [0.25, 0.3) is 0 Å². The van der Waals surface area contributed by atoms with Crippen LogP contribution in [-0.4, -0.2) is 78.9 Å². The zero-order valence-corrected chi connectivity index (χ0v) is 14.4. The summed E-state index contributed by atoms with van der Waals surface area (Å²) in [4.78, 5) is 19.5. The van der Waals surface area contributed by atoms with Crippen LogP contribution in [0.3, 0.4) is 0 Å². The monoisotopic (exact) mass is 333 g/mol. The van der Waals surface area contributed by atoms with Gasteiger partial charge >= 0.3 is 5.97 Å². The molecule has 1 aromatic carbocycles. The smallest absolute Gasteiger partial charge is 0.338 e. The maximum absolute atomic E-state index is 12.1. The van der Waals surface area contributed by atoms with E-state index in [-0.39, 0.29) is 5.97 Å². The largest absolute Gasteiger partial charge is 0.496 e. The number of carbonyl (C=O) groups is 1. The number of esters is 1. The van der Waals surface area contributed by atoms with Crippen LogP contribution in [-0.2, 0) is 11.3 Å². The normalized spacial score (nSPS) is 33.5. The molecular formula is C17H25N4O3+. The highest BCUT2D eigenvalue weighted by Crippen LogP contribution is 2.33. The third-order valence-corrected chi connectivity index (χ3v) is 5.00. The first-order chi connectivity index (χ1) is 11.6. The number of benzene rings is 1. The van der Waals surface area contributed by atoms with Gasteiger partial charge in [-0.25, -0.2) is 19.5 Å². The number of nitrogens with zero attached hydrogens (tertiary/aromatic N) is 4. The first kappa shape index (κ1) is 15.8. The Balaban J connectivity index is 1.61. The van der Waals surface area contributed by atoms with Crippen LogP contribution >= 0.6 is 0 Å². The topological polar surface area (TPSA) is 45.3 Å². The summed E-state index contributed by atoms with van der Waals surface area (Å²) in [7, 11) is 1.69. The molecule has 0 radical (unpaired) electrons. The van der Waals surface area contributed by atoms with E-state index in [0.717, 1.165) is 62.4 Å². The lowest BCUT2D eigenvalue weighted by Gasteiger charge is -2.60. The van der Waals surface area contributed by atoms with Gasteiger partial charge in [-0.2, -0.15) is 0 Å². The van der Waals surface area contributed by atoms with Crippen molar-refractivity contribution < 1.29 is 18.8 Å². The second-order valence-corrected chi connectivity index (χ2v) is 7.11. The molecule has 4 bridgehead atoms. The van der Waals surface area contributed by atoms with Gasteiger partial charge in [-0.15, -0.1) is 0 Å². The van der Waals surface area contributed by atoms with Crippen molar-refractivity contribution in [3.8, 4) is 5.75 Å². The quantitative estimate of drug-likeness (QED) is 0.589. The molecule has 0 aromatic heterocycles. The highest BCUT2D eigenvalue weighted by atomic mass is 16.5. The van der Waals surface area contributed by atoms with Crippen molar-refractivity contribution in [2.75, 3.05) is 53.7 Å². The summed E-state index contributed by atoms with van der Waals surface area (Å²) in [6, 6.07) is 5.60. The molecule has 7 nitrogen and oxygen atoms in total. The Morgan fingerprint density at radius 2 is 1.75 bits per heavy atom. The van der Waals surface area contributed by atoms with E-state index in [4.69, 9.17) is 9.47 Å². The second-order valence-electron chi connectivity index (χ2n) is 7.11. The molecular weight excluding hydrogens is 308 g/mol. The van der Waals surface area contributed by atoms with E-state index in [1.54, 1.807) is 13.2 Å². The van der Waals surface area contributed by atoms with Gasteiger partial charge in [-0.1, -0.05) is 0 Å². The maximum Gasteiger partial charge on any atom is 0.338 e. The molecule has 0 N–H and O–H groups in total. The van der Waals surface area contributed by atoms with Crippen LogP contribution in [0.2, 0.25) is 0 Å². The van der Waals surface area contributed by atoms with Crippen LogP contribution in [0.1, 0.15) is 22.8 Å². The molecule has 0 aliphatic carbocycles. The Kier molecular flexibility index (Phi) is 3.96. The lowest BCUT2D eigenvalue weighted by Crippen LogP contribution is -2.78. The number of hydrogen-bond donors (Lipinski definition) is 0. The molecule has 0 saturated carbocycles. The first-order valence-corrected chi connectivity index (χ1v) is 8.47. The number of rotatable bonds is 5. The van der Waals surface area contributed by atoms with Crippen LogP contribution in [0.25, 0.3) is 0 Å². The SMILES string of the molecule is CCOC(=O)c1ccc(OC)c(C[N+]23CN4CN(CN(C4)C2)C3)c1. The predicted molar refractivity (Wildman–Crippen MR) is 87.6 cm³/mol. The zero-order chi connectivity index (χ0) is 16.7. The van der Waals surface area contributed by atoms with Gasteiger partial charge in [-0.05, 0) is 25.1 Å². The summed E-state index contributed by atoms with van der Waals surface area (Å²) >= 11 is 0. The van der Waals surface area contributed by atoms with Gasteiger partial charge in [0.15, 0.2) is 0 Å². The summed E-state index contributed by atoms with van der Waals surface area (Å²) in [5.41, 5.74) is 1.68. The molecule has 4 heterocycles. The molecule has 4 aliphatic heterocycles. The summed E-state index contributed by atoms with van der Waals surface area (Å²) in [5, 5.41) is 0. The van der Waals surface area contributed by atoms with E-state index in [0.29, 0.717) is 12.2 Å². The molecule has 1 aromatic rings. The van der Waals surface area contributed by atoms with Gasteiger partial charge in [0.1, 0.15) is 32.3 Å². The third-order valence-electron chi connectivity index (χ3n) is 5.00. The van der Waals surface area contributed by atoms with Crippen LogP contribution < -0.4 is 4.74 Å². The number of ether oxygens (including phenoxy) is 2. The zero-order valence-electron chi connectivity index (χ0n) is 14.4. The minimum atomic E-state index is -0.268. The Bertz CT molecular complexity index is 613. The fourth-order valence-electron chi connectivity index (χ4n) is 4.41. The van der Waals surface area contributed by atoms with Crippen molar-refractivity contribution in [2.24, 2.45) is 0 Å². The average molecular weight is 333 g/mol. The van der Waals surface area contributed by atoms with Gasteiger partial charge in [0, 0.05) is 5.56 Å². The van der Waals surface area contributed by atoms with Crippen molar-refractivity contribution >= 4 is 5.97 Å². The van der Waals surface area contributed by atoms with E-state index in [1.807, 2.05) is 19.1 Å². The Morgan fingerprint density at radius 1 is 1.12 bits per heavy atom. The number of carbonyl (C=O) groups excluding carboxylic acids is 1. The molecule has 4 aliphatic rings. The summed E-state index contributed by atoms with van der Waals surface area (Å²) in [5.74, 6) is 0.576. The summed E-state index contributed by atoms with van der Waals surface area (Å²) in [6.07, 6.45) is 0. The van der Waals surface area contributed by atoms with E-state index >= 15 is 0 Å². The lowest BCUT2D eigenvalue weighted by molar-refractivity contribution is -0.991. The molecule has 0 spiro atoms. The Hall–Kier alpha value is -1.67. The van der Waals surface area contributed by atoms with E-state index in [9.17, 15) is 4.79 Å². The predicted octanol–water partition coefficient (Wildman–Crippen LogP) is 0.881. The molecule has 0 amide bonds. The summed E-state index contributed by atoms with van der Waals surface area (Å²) in [6.45, 7) is 9.44. The van der Waals surface area contributed by atoms with Gasteiger partial charge < -0.3 is 9.47 Å².